The Kier molecular flexibility index (Phi) is 9.33. The maximum atomic E-state index is 13.4. The summed E-state index contributed by atoms with van der Waals surface area (Å²) >= 11 is 7.46. The van der Waals surface area contributed by atoms with Crippen LogP contribution in [0.3, 0.4) is 0 Å². The molecule has 1 N–H and O–H groups in total. The van der Waals surface area contributed by atoms with E-state index in [0.717, 1.165) is 22.4 Å². The van der Waals surface area contributed by atoms with Crippen molar-refractivity contribution < 1.29 is 13.9 Å². The molecule has 0 radical (unpaired) electrons. The van der Waals surface area contributed by atoms with Gasteiger partial charge in [-0.05, 0) is 73.0 Å². The predicted octanol–water partition coefficient (Wildman–Crippen LogP) is 7.14. The van der Waals surface area contributed by atoms with Crippen molar-refractivity contribution in [3.05, 3.63) is 136 Å². The summed E-state index contributed by atoms with van der Waals surface area (Å²) < 4.78 is 21.1. The lowest BCUT2D eigenvalue weighted by Gasteiger charge is -2.20. The normalized spacial score (nSPS) is 11.7. The van der Waals surface area contributed by atoms with Crippen LogP contribution in [-0.4, -0.2) is 27.3 Å². The van der Waals surface area contributed by atoms with Gasteiger partial charge < -0.3 is 10.1 Å². The maximum Gasteiger partial charge on any atom is 0.258 e. The lowest BCUT2D eigenvalue weighted by atomic mass is 10.0. The van der Waals surface area contributed by atoms with Crippen LogP contribution in [0, 0.1) is 12.7 Å². The van der Waals surface area contributed by atoms with Crippen LogP contribution < -0.4 is 10.1 Å². The molecule has 0 saturated heterocycles. The van der Waals surface area contributed by atoms with Crippen LogP contribution >= 0.6 is 23.4 Å². The molecule has 0 saturated carbocycles. The molecule has 0 aliphatic carbocycles. The zero-order valence-corrected chi connectivity index (χ0v) is 23.9. The molecule has 1 aromatic heterocycles. The first-order valence-electron chi connectivity index (χ1n) is 13.1. The van der Waals surface area contributed by atoms with Crippen LogP contribution in [0.4, 0.5) is 4.39 Å². The van der Waals surface area contributed by atoms with Gasteiger partial charge in [-0.2, -0.15) is 0 Å². The average molecular weight is 587 g/mol. The predicted molar refractivity (Wildman–Crippen MR) is 160 cm³/mol. The van der Waals surface area contributed by atoms with Crippen molar-refractivity contribution in [1.82, 2.24) is 20.1 Å². The highest BCUT2D eigenvalue weighted by Gasteiger charge is 2.25. The van der Waals surface area contributed by atoms with Gasteiger partial charge in [-0.1, -0.05) is 83.5 Å². The second-order valence-electron chi connectivity index (χ2n) is 9.48. The lowest BCUT2D eigenvalue weighted by molar-refractivity contribution is -0.123. The minimum atomic E-state index is -0.493. The quantitative estimate of drug-likeness (QED) is 0.167. The number of nitrogens with zero attached hydrogens (tertiary/aromatic N) is 3. The molecule has 41 heavy (non-hydrogen) atoms. The number of aryl methyl sites for hydroxylation is 1. The van der Waals surface area contributed by atoms with Gasteiger partial charge in [-0.25, -0.2) is 4.39 Å². The Morgan fingerprint density at radius 1 is 0.927 bits per heavy atom. The summed E-state index contributed by atoms with van der Waals surface area (Å²) in [6, 6.07) is 30.8. The number of carbonyl (C=O) groups is 1. The third kappa shape index (κ3) is 7.74. The van der Waals surface area contributed by atoms with Gasteiger partial charge in [0.05, 0.1) is 6.04 Å². The van der Waals surface area contributed by atoms with E-state index in [1.54, 1.807) is 36.4 Å². The number of hydrogen-bond acceptors (Lipinski definition) is 5. The highest BCUT2D eigenvalue weighted by molar-refractivity contribution is 7.98. The zero-order valence-electron chi connectivity index (χ0n) is 22.3. The van der Waals surface area contributed by atoms with Gasteiger partial charge in [0.15, 0.2) is 17.6 Å². The maximum absolute atomic E-state index is 13.4. The van der Waals surface area contributed by atoms with Gasteiger partial charge in [-0.3, -0.25) is 9.36 Å². The van der Waals surface area contributed by atoms with Crippen LogP contribution in [-0.2, 0) is 17.0 Å². The number of hydrogen-bond donors (Lipinski definition) is 1. The summed E-state index contributed by atoms with van der Waals surface area (Å²) in [6.45, 7) is 1.86. The second-order valence-corrected chi connectivity index (χ2v) is 10.9. The summed E-state index contributed by atoms with van der Waals surface area (Å²) in [4.78, 5) is 13.1. The van der Waals surface area contributed by atoms with Gasteiger partial charge >= 0.3 is 0 Å². The Morgan fingerprint density at radius 3 is 2.34 bits per heavy atom. The first-order chi connectivity index (χ1) is 19.9. The van der Waals surface area contributed by atoms with E-state index >= 15 is 0 Å². The van der Waals surface area contributed by atoms with Crippen molar-refractivity contribution >= 4 is 29.3 Å². The monoisotopic (exact) mass is 586 g/mol. The van der Waals surface area contributed by atoms with E-state index in [1.807, 2.05) is 66.1 Å². The molecule has 4 aromatic carbocycles. The van der Waals surface area contributed by atoms with Crippen molar-refractivity contribution in [1.29, 1.82) is 0 Å². The van der Waals surface area contributed by atoms with Gasteiger partial charge in [0.1, 0.15) is 11.6 Å². The van der Waals surface area contributed by atoms with E-state index < -0.39 is 6.04 Å². The van der Waals surface area contributed by atoms with E-state index in [0.29, 0.717) is 33.9 Å². The molecule has 0 bridgehead atoms. The number of halogens is 2. The molecule has 6 nitrogen and oxygen atoms in total. The van der Waals surface area contributed by atoms with Crippen molar-refractivity contribution in [2.45, 2.75) is 30.3 Å². The first-order valence-corrected chi connectivity index (χ1v) is 14.4. The molecule has 0 aliphatic rings. The molecule has 0 aliphatic heterocycles. The van der Waals surface area contributed by atoms with Crippen molar-refractivity contribution in [3.8, 4) is 11.4 Å². The molecule has 1 atom stereocenters. The first kappa shape index (κ1) is 28.4. The lowest BCUT2D eigenvalue weighted by Crippen LogP contribution is -2.35. The Labute approximate surface area is 247 Å². The SMILES string of the molecule is Cc1ccc(-n2c(SCc3ccc(F)cc3)nnc2C(Cc2ccccc2)NC(=O)COc2ccc(Cl)cc2)cc1. The van der Waals surface area contributed by atoms with Crippen molar-refractivity contribution in [3.63, 3.8) is 0 Å². The van der Waals surface area contributed by atoms with Crippen molar-refractivity contribution in [2.75, 3.05) is 6.61 Å². The van der Waals surface area contributed by atoms with Gasteiger partial charge in [0.2, 0.25) is 0 Å². The number of nitrogens with one attached hydrogen (secondary N) is 1. The number of amides is 1. The number of ether oxygens (including phenoxy) is 1. The Morgan fingerprint density at radius 2 is 1.63 bits per heavy atom. The van der Waals surface area contributed by atoms with Crippen LogP contribution in [0.25, 0.3) is 5.69 Å². The number of benzene rings is 4. The van der Waals surface area contributed by atoms with Gasteiger partial charge in [-0.15, -0.1) is 10.2 Å². The molecule has 9 heteroatoms. The molecule has 5 aromatic rings. The highest BCUT2D eigenvalue weighted by Crippen LogP contribution is 2.29. The summed E-state index contributed by atoms with van der Waals surface area (Å²) in [5.74, 6) is 1.16. The Hall–Kier alpha value is -4.14. The number of thioether (sulfide) groups is 1. The molecular formula is C32H28ClFN4O2S. The third-order valence-corrected chi connectivity index (χ3v) is 7.60. The zero-order chi connectivity index (χ0) is 28.6. The van der Waals surface area contributed by atoms with E-state index in [4.69, 9.17) is 16.3 Å². The van der Waals surface area contributed by atoms with Crippen LogP contribution in [0.15, 0.2) is 108 Å². The summed E-state index contributed by atoms with van der Waals surface area (Å²) in [5, 5.41) is 13.5. The van der Waals surface area contributed by atoms with Crippen LogP contribution in [0.1, 0.15) is 28.6 Å². The summed E-state index contributed by atoms with van der Waals surface area (Å²) in [5.41, 5.74) is 4.00. The molecule has 0 spiro atoms. The average Bonchev–Trinajstić information content (AvgIpc) is 3.41. The van der Waals surface area contributed by atoms with Crippen molar-refractivity contribution in [2.24, 2.45) is 0 Å². The molecule has 0 fully saturated rings. The number of carbonyl (C=O) groups excluding carboxylic acids is 1. The summed E-state index contributed by atoms with van der Waals surface area (Å²) in [6.07, 6.45) is 0.500. The minimum absolute atomic E-state index is 0.169. The van der Waals surface area contributed by atoms with E-state index in [-0.39, 0.29) is 18.3 Å². The van der Waals surface area contributed by atoms with Gasteiger partial charge in [0.25, 0.3) is 5.91 Å². The third-order valence-electron chi connectivity index (χ3n) is 6.34. The largest absolute Gasteiger partial charge is 0.484 e. The van der Waals surface area contributed by atoms with Crippen LogP contribution in [0.2, 0.25) is 5.02 Å². The molecule has 1 amide bonds. The topological polar surface area (TPSA) is 69.0 Å². The molecule has 1 heterocycles. The highest BCUT2D eigenvalue weighted by atomic mass is 35.5. The Bertz CT molecular complexity index is 1580. The minimum Gasteiger partial charge on any atom is -0.484 e. The van der Waals surface area contributed by atoms with Gasteiger partial charge in [0, 0.05) is 16.5 Å². The summed E-state index contributed by atoms with van der Waals surface area (Å²) in [7, 11) is 0. The Balaban J connectivity index is 1.44. The fourth-order valence-corrected chi connectivity index (χ4v) is 5.28. The fourth-order valence-electron chi connectivity index (χ4n) is 4.24. The molecule has 208 valence electrons. The standard InChI is InChI=1S/C32H28ClFN4O2S/c1-22-7-15-27(16-8-22)38-31(36-37-32(38)41-21-24-9-13-26(34)14-10-24)29(19-23-5-3-2-4-6-23)35-30(39)20-40-28-17-11-25(33)12-18-28/h2-18,29H,19-21H2,1H3,(H,35,39). The van der Waals surface area contributed by atoms with E-state index in [1.165, 1.54) is 23.9 Å². The smallest absolute Gasteiger partial charge is 0.258 e. The van der Waals surface area contributed by atoms with E-state index in [9.17, 15) is 9.18 Å². The fraction of sp³-hybridized carbons (Fsp3) is 0.156. The molecule has 5 rings (SSSR count). The number of rotatable bonds is 11. The second kappa shape index (κ2) is 13.5. The van der Waals surface area contributed by atoms with Crippen LogP contribution in [0.5, 0.6) is 5.75 Å². The molecular weight excluding hydrogens is 559 g/mol. The van der Waals surface area contributed by atoms with E-state index in [2.05, 4.69) is 15.5 Å². The number of aromatic nitrogens is 3. The molecule has 1 unspecified atom stereocenters.